The van der Waals surface area contributed by atoms with E-state index in [0.29, 0.717) is 23.5 Å². The zero-order chi connectivity index (χ0) is 21.1. The van der Waals surface area contributed by atoms with Crippen molar-refractivity contribution in [2.45, 2.75) is 64.9 Å². The maximum atomic E-state index is 13.5. The molecular formula is C27H34O3. The number of hydrogen-bond acceptors (Lipinski definition) is 3. The van der Waals surface area contributed by atoms with Crippen LogP contribution in [0.2, 0.25) is 0 Å². The molecule has 160 valence electrons. The Morgan fingerprint density at radius 1 is 1.03 bits per heavy atom. The van der Waals surface area contributed by atoms with Gasteiger partial charge < -0.3 is 9.84 Å². The van der Waals surface area contributed by atoms with Gasteiger partial charge in [0.2, 0.25) is 0 Å². The molecule has 4 aliphatic rings. The summed E-state index contributed by atoms with van der Waals surface area (Å²) in [6, 6.07) is 8.00. The number of carbonyl (C=O) groups excluding carboxylic acids is 1. The SMILES string of the molecule is COc1ccc(C=C2CC3C4CC=C5CC(O)CCC5(C)C4CCC3(C)C2=O)cc1. The molecule has 4 aliphatic carbocycles. The second-order valence-electron chi connectivity index (χ2n) is 10.6. The van der Waals surface area contributed by atoms with Crippen LogP contribution in [-0.4, -0.2) is 24.1 Å². The first-order valence-corrected chi connectivity index (χ1v) is 11.6. The van der Waals surface area contributed by atoms with Crippen molar-refractivity contribution >= 4 is 11.9 Å². The minimum absolute atomic E-state index is 0.165. The van der Waals surface area contributed by atoms with E-state index in [2.05, 4.69) is 26.0 Å². The predicted molar refractivity (Wildman–Crippen MR) is 119 cm³/mol. The largest absolute Gasteiger partial charge is 0.497 e. The highest BCUT2D eigenvalue weighted by Crippen LogP contribution is 2.64. The first-order chi connectivity index (χ1) is 14.3. The number of methoxy groups -OCH3 is 1. The van der Waals surface area contributed by atoms with Gasteiger partial charge in [0.15, 0.2) is 5.78 Å². The fourth-order valence-corrected chi connectivity index (χ4v) is 7.34. The number of Topliss-reactive ketones (excluding diaryl/α,β-unsaturated/α-hetero) is 1. The standard InChI is InChI=1S/C27H34O3/c1-26-12-10-20(28)16-19(26)6-9-22-23(26)11-13-27(2)24(22)15-18(25(27)29)14-17-4-7-21(30-3)8-5-17/h4-8,14,20,22-24,28H,9-13,15-16H2,1-3H3. The van der Waals surface area contributed by atoms with Crippen LogP contribution in [0, 0.1) is 28.6 Å². The molecule has 1 N–H and O–H groups in total. The van der Waals surface area contributed by atoms with E-state index in [9.17, 15) is 9.90 Å². The lowest BCUT2D eigenvalue weighted by Gasteiger charge is -2.56. The van der Waals surface area contributed by atoms with Crippen LogP contribution >= 0.6 is 0 Å². The van der Waals surface area contributed by atoms with E-state index in [-0.39, 0.29) is 16.9 Å². The van der Waals surface area contributed by atoms with Gasteiger partial charge in [0.25, 0.3) is 0 Å². The highest BCUT2D eigenvalue weighted by molar-refractivity contribution is 6.05. The second-order valence-corrected chi connectivity index (χ2v) is 10.6. The molecule has 0 spiro atoms. The van der Waals surface area contributed by atoms with Crippen molar-refractivity contribution in [2.24, 2.45) is 28.6 Å². The summed E-state index contributed by atoms with van der Waals surface area (Å²) in [5, 5.41) is 10.2. The number of rotatable bonds is 2. The lowest BCUT2D eigenvalue weighted by Crippen LogP contribution is -2.50. The minimum Gasteiger partial charge on any atom is -0.497 e. The number of allylic oxidation sites excluding steroid dienone is 2. The fraction of sp³-hybridized carbons (Fsp3) is 0.593. The predicted octanol–water partition coefficient (Wildman–Crippen LogP) is 5.58. The van der Waals surface area contributed by atoms with Crippen molar-refractivity contribution in [1.29, 1.82) is 0 Å². The van der Waals surface area contributed by atoms with E-state index in [0.717, 1.165) is 61.8 Å². The third kappa shape index (κ3) is 2.92. The molecule has 0 radical (unpaired) electrons. The van der Waals surface area contributed by atoms with E-state index >= 15 is 0 Å². The smallest absolute Gasteiger partial charge is 0.165 e. The van der Waals surface area contributed by atoms with E-state index in [4.69, 9.17) is 4.74 Å². The maximum Gasteiger partial charge on any atom is 0.165 e. The first kappa shape index (κ1) is 20.1. The van der Waals surface area contributed by atoms with Gasteiger partial charge in [-0.1, -0.05) is 37.6 Å². The Balaban J connectivity index is 1.45. The summed E-state index contributed by atoms with van der Waals surface area (Å²) < 4.78 is 5.26. The summed E-state index contributed by atoms with van der Waals surface area (Å²) >= 11 is 0. The number of fused-ring (bicyclic) bond motifs is 5. The molecule has 0 saturated heterocycles. The molecule has 6 atom stereocenters. The molecule has 30 heavy (non-hydrogen) atoms. The van der Waals surface area contributed by atoms with Crippen LogP contribution in [0.25, 0.3) is 6.08 Å². The van der Waals surface area contributed by atoms with E-state index in [1.165, 1.54) is 5.57 Å². The van der Waals surface area contributed by atoms with Gasteiger partial charge in [-0.3, -0.25) is 4.79 Å². The molecule has 3 nitrogen and oxygen atoms in total. The quantitative estimate of drug-likeness (QED) is 0.515. The molecule has 0 amide bonds. The van der Waals surface area contributed by atoms with E-state index in [1.54, 1.807) is 7.11 Å². The lowest BCUT2D eigenvalue weighted by molar-refractivity contribution is -0.130. The van der Waals surface area contributed by atoms with Crippen LogP contribution in [0.3, 0.4) is 0 Å². The average Bonchev–Trinajstić information content (AvgIpc) is 3.00. The van der Waals surface area contributed by atoms with Crippen molar-refractivity contribution in [3.05, 3.63) is 47.1 Å². The van der Waals surface area contributed by atoms with Crippen molar-refractivity contribution in [3.63, 3.8) is 0 Å². The summed E-state index contributed by atoms with van der Waals surface area (Å²) in [5.74, 6) is 2.89. The van der Waals surface area contributed by atoms with Crippen molar-refractivity contribution < 1.29 is 14.6 Å². The average molecular weight is 407 g/mol. The van der Waals surface area contributed by atoms with Crippen molar-refractivity contribution in [3.8, 4) is 5.75 Å². The molecule has 0 bridgehead atoms. The Morgan fingerprint density at radius 3 is 2.50 bits per heavy atom. The van der Waals surface area contributed by atoms with E-state index < -0.39 is 0 Å². The van der Waals surface area contributed by atoms with Crippen LogP contribution in [0.5, 0.6) is 5.75 Å². The molecule has 3 saturated carbocycles. The molecule has 1 aromatic rings. The second kappa shape index (κ2) is 7.09. The topological polar surface area (TPSA) is 46.5 Å². The van der Waals surface area contributed by atoms with Crippen LogP contribution in [-0.2, 0) is 4.79 Å². The third-order valence-corrected chi connectivity index (χ3v) is 9.17. The minimum atomic E-state index is -0.213. The molecule has 0 heterocycles. The summed E-state index contributed by atoms with van der Waals surface area (Å²) in [7, 11) is 1.67. The molecule has 6 unspecified atom stereocenters. The van der Waals surface area contributed by atoms with Gasteiger partial charge in [-0.25, -0.2) is 0 Å². The van der Waals surface area contributed by atoms with Gasteiger partial charge in [0.05, 0.1) is 13.2 Å². The summed E-state index contributed by atoms with van der Waals surface area (Å²) in [5.41, 5.74) is 3.58. The van der Waals surface area contributed by atoms with Crippen LogP contribution in [0.4, 0.5) is 0 Å². The number of benzene rings is 1. The molecule has 3 fully saturated rings. The van der Waals surface area contributed by atoms with Gasteiger partial charge in [-0.05, 0) is 97.5 Å². The van der Waals surface area contributed by atoms with Crippen LogP contribution in [0.1, 0.15) is 64.4 Å². The highest BCUT2D eigenvalue weighted by atomic mass is 16.5. The summed E-state index contributed by atoms with van der Waals surface area (Å²) in [6.45, 7) is 4.67. The first-order valence-electron chi connectivity index (χ1n) is 11.6. The van der Waals surface area contributed by atoms with E-state index in [1.807, 2.05) is 24.3 Å². The molecule has 0 aromatic heterocycles. The van der Waals surface area contributed by atoms with Gasteiger partial charge in [-0.15, -0.1) is 0 Å². The number of ketones is 1. The molecule has 5 rings (SSSR count). The summed E-state index contributed by atoms with van der Waals surface area (Å²) in [4.78, 5) is 13.5. The van der Waals surface area contributed by atoms with Gasteiger partial charge in [-0.2, -0.15) is 0 Å². The maximum absolute atomic E-state index is 13.5. The molecule has 3 heteroatoms. The van der Waals surface area contributed by atoms with Crippen LogP contribution < -0.4 is 4.74 Å². The Labute approximate surface area is 180 Å². The fourth-order valence-electron chi connectivity index (χ4n) is 7.34. The zero-order valence-electron chi connectivity index (χ0n) is 18.5. The Hall–Kier alpha value is -1.87. The number of carbonyl (C=O) groups is 1. The van der Waals surface area contributed by atoms with Gasteiger partial charge >= 0.3 is 0 Å². The molecule has 1 aromatic carbocycles. The number of aliphatic hydroxyl groups is 1. The third-order valence-electron chi connectivity index (χ3n) is 9.17. The highest BCUT2D eigenvalue weighted by Gasteiger charge is 2.59. The Bertz CT molecular complexity index is 911. The van der Waals surface area contributed by atoms with Gasteiger partial charge in [0.1, 0.15) is 5.75 Å². The van der Waals surface area contributed by atoms with Crippen molar-refractivity contribution in [1.82, 2.24) is 0 Å². The Kier molecular flexibility index (Phi) is 4.74. The van der Waals surface area contributed by atoms with Crippen LogP contribution in [0.15, 0.2) is 41.5 Å². The number of hydrogen-bond donors (Lipinski definition) is 1. The number of aliphatic hydroxyl groups excluding tert-OH is 1. The molecule has 0 aliphatic heterocycles. The van der Waals surface area contributed by atoms with Crippen molar-refractivity contribution in [2.75, 3.05) is 7.11 Å². The normalized spacial score (nSPS) is 41.7. The lowest BCUT2D eigenvalue weighted by atomic mass is 9.48. The zero-order valence-corrected chi connectivity index (χ0v) is 18.5. The Morgan fingerprint density at radius 2 is 1.77 bits per heavy atom. The van der Waals surface area contributed by atoms with Gasteiger partial charge in [0, 0.05) is 5.41 Å². The molecular weight excluding hydrogens is 372 g/mol. The monoisotopic (exact) mass is 406 g/mol. The number of ether oxygens (including phenoxy) is 1. The summed E-state index contributed by atoms with van der Waals surface area (Å²) in [6.07, 6.45) is 11.4.